The van der Waals surface area contributed by atoms with Gasteiger partial charge in [0.15, 0.2) is 11.5 Å². The Bertz CT molecular complexity index is 1630. The van der Waals surface area contributed by atoms with Gasteiger partial charge in [-0.15, -0.1) is 0 Å². The highest BCUT2D eigenvalue weighted by Gasteiger charge is 2.36. The van der Waals surface area contributed by atoms with Gasteiger partial charge in [0.25, 0.3) is 10.0 Å². The Morgan fingerprint density at radius 3 is 2.12 bits per heavy atom. The minimum absolute atomic E-state index is 0.0503. The number of carbonyl (C=O) groups excluding carboxylic acids is 2. The molecule has 1 saturated carbocycles. The van der Waals surface area contributed by atoms with Crippen molar-refractivity contribution in [2.24, 2.45) is 0 Å². The Kier molecular flexibility index (Phi) is 13.0. The maximum Gasteiger partial charge on any atom is 0.265 e. The van der Waals surface area contributed by atoms with Crippen molar-refractivity contribution in [3.63, 3.8) is 0 Å². The monoisotopic (exact) mass is 681 g/mol. The van der Waals surface area contributed by atoms with E-state index in [0.29, 0.717) is 24.3 Å². The summed E-state index contributed by atoms with van der Waals surface area (Å²) in [6.45, 7) is 1.46. The maximum atomic E-state index is 14.5. The van der Waals surface area contributed by atoms with Crippen LogP contribution in [0.4, 0.5) is 5.69 Å². The Hall–Kier alpha value is -4.45. The molecule has 0 unspecified atom stereocenters. The summed E-state index contributed by atoms with van der Waals surface area (Å²) in [5.41, 5.74) is 1.09. The van der Waals surface area contributed by atoms with Crippen molar-refractivity contribution in [3.05, 3.63) is 72.3 Å². The first-order valence-electron chi connectivity index (χ1n) is 16.3. The molecule has 4 rings (SSSR count). The van der Waals surface area contributed by atoms with Crippen molar-refractivity contribution in [1.29, 1.82) is 0 Å². The van der Waals surface area contributed by atoms with E-state index in [1.165, 1.54) is 57.6 Å². The van der Waals surface area contributed by atoms with E-state index in [1.807, 2.05) is 37.3 Å². The van der Waals surface area contributed by atoms with Gasteiger partial charge in [0.1, 0.15) is 24.1 Å². The fourth-order valence-corrected chi connectivity index (χ4v) is 7.48. The maximum absolute atomic E-state index is 14.5. The number of ether oxygens (including phenoxy) is 4. The lowest BCUT2D eigenvalue weighted by Gasteiger charge is -2.34. The van der Waals surface area contributed by atoms with Crippen LogP contribution in [0.15, 0.2) is 71.6 Å². The molecule has 11 nitrogen and oxygen atoms in total. The number of rotatable bonds is 16. The molecule has 0 spiro atoms. The van der Waals surface area contributed by atoms with Gasteiger partial charge >= 0.3 is 0 Å². The predicted molar refractivity (Wildman–Crippen MR) is 185 cm³/mol. The molecule has 12 heteroatoms. The lowest BCUT2D eigenvalue weighted by atomic mass is 9.95. The summed E-state index contributed by atoms with van der Waals surface area (Å²) in [7, 11) is 1.32. The Morgan fingerprint density at radius 2 is 1.50 bits per heavy atom. The highest BCUT2D eigenvalue weighted by molar-refractivity contribution is 7.92. The van der Waals surface area contributed by atoms with Crippen molar-refractivity contribution in [1.82, 2.24) is 10.2 Å². The van der Waals surface area contributed by atoms with Crippen LogP contribution in [-0.4, -0.2) is 78.7 Å². The lowest BCUT2D eigenvalue weighted by Crippen LogP contribution is -2.54. The van der Waals surface area contributed by atoms with Gasteiger partial charge in [-0.05, 0) is 55.5 Å². The third-order valence-electron chi connectivity index (χ3n) is 8.70. The second kappa shape index (κ2) is 17.1. The number of nitrogens with one attached hydrogen (secondary N) is 1. The fraction of sp³-hybridized carbons (Fsp3) is 0.444. The van der Waals surface area contributed by atoms with Crippen LogP contribution in [-0.2, 0) is 26.0 Å². The Labute approximate surface area is 284 Å². The van der Waals surface area contributed by atoms with Crippen LogP contribution in [0.25, 0.3) is 0 Å². The van der Waals surface area contributed by atoms with Crippen LogP contribution in [0.2, 0.25) is 0 Å². The molecule has 3 aromatic rings. The van der Waals surface area contributed by atoms with Gasteiger partial charge < -0.3 is 29.2 Å². The third-order valence-corrected chi connectivity index (χ3v) is 10.5. The van der Waals surface area contributed by atoms with Crippen LogP contribution in [0.3, 0.4) is 0 Å². The average Bonchev–Trinajstić information content (AvgIpc) is 3.12. The molecule has 0 heterocycles. The number of amides is 2. The summed E-state index contributed by atoms with van der Waals surface area (Å²) in [5, 5.41) is 3.17. The molecule has 3 aromatic carbocycles. The van der Waals surface area contributed by atoms with Gasteiger partial charge in [-0.3, -0.25) is 13.9 Å². The molecule has 0 saturated heterocycles. The minimum Gasteiger partial charge on any atom is -0.497 e. The predicted octanol–water partition coefficient (Wildman–Crippen LogP) is 5.22. The number of carbonyl (C=O) groups is 2. The Balaban J connectivity index is 1.77. The van der Waals surface area contributed by atoms with Gasteiger partial charge in [-0.1, -0.05) is 56.5 Å². The number of anilines is 1. The highest BCUT2D eigenvalue weighted by Crippen LogP contribution is 2.38. The highest BCUT2D eigenvalue weighted by atomic mass is 32.2. The van der Waals surface area contributed by atoms with Gasteiger partial charge in [0, 0.05) is 24.7 Å². The quantitative estimate of drug-likeness (QED) is 0.219. The molecular weight excluding hydrogens is 634 g/mol. The summed E-state index contributed by atoms with van der Waals surface area (Å²) in [5.74, 6) is 0.359. The summed E-state index contributed by atoms with van der Waals surface area (Å²) < 4.78 is 51.8. The van der Waals surface area contributed by atoms with Gasteiger partial charge in [-0.2, -0.15) is 0 Å². The largest absolute Gasteiger partial charge is 0.497 e. The molecular formula is C36H47N3O8S. The normalized spacial score (nSPS) is 14.0. The van der Waals surface area contributed by atoms with E-state index in [4.69, 9.17) is 18.9 Å². The standard InChI is InChI=1S/C36H47N3O8S/c1-6-30(36(41)37-27-15-11-8-12-16-27)38(22-21-26-13-9-7-10-14-26)35(40)25-39(31-23-28(44-2)17-19-32(31)45-3)48(42,43)29-18-20-33(46-4)34(24-29)47-5/h7,9-10,13-14,17-20,23-24,27,30H,6,8,11-12,15-16,21-22,25H2,1-5H3,(H,37,41)/t30-/m1/s1. The summed E-state index contributed by atoms with van der Waals surface area (Å²) >= 11 is 0. The first-order valence-corrected chi connectivity index (χ1v) is 17.7. The smallest absolute Gasteiger partial charge is 0.265 e. The second-order valence-corrected chi connectivity index (χ2v) is 13.5. The summed E-state index contributed by atoms with van der Waals surface area (Å²) in [4.78, 5) is 29.7. The molecule has 1 aliphatic carbocycles. The Morgan fingerprint density at radius 1 is 0.833 bits per heavy atom. The zero-order valence-electron chi connectivity index (χ0n) is 28.4. The second-order valence-electron chi connectivity index (χ2n) is 11.7. The van der Waals surface area contributed by atoms with Crippen LogP contribution in [0, 0.1) is 0 Å². The summed E-state index contributed by atoms with van der Waals surface area (Å²) in [6.07, 6.45) is 5.85. The number of methoxy groups -OCH3 is 4. The van der Waals surface area contributed by atoms with Gasteiger partial charge in [0.2, 0.25) is 11.8 Å². The number of hydrogen-bond donors (Lipinski definition) is 1. The number of nitrogens with zero attached hydrogens (tertiary/aromatic N) is 2. The minimum atomic E-state index is -4.43. The van der Waals surface area contributed by atoms with E-state index in [9.17, 15) is 18.0 Å². The average molecular weight is 682 g/mol. The lowest BCUT2D eigenvalue weighted by molar-refractivity contribution is -0.140. The molecule has 1 fully saturated rings. The van der Waals surface area contributed by atoms with Gasteiger partial charge in [-0.25, -0.2) is 8.42 Å². The van der Waals surface area contributed by atoms with Crippen molar-refractivity contribution >= 4 is 27.5 Å². The zero-order valence-corrected chi connectivity index (χ0v) is 29.3. The third kappa shape index (κ3) is 8.71. The van der Waals surface area contributed by atoms with E-state index in [0.717, 1.165) is 42.0 Å². The molecule has 48 heavy (non-hydrogen) atoms. The summed E-state index contributed by atoms with van der Waals surface area (Å²) in [6, 6.07) is 17.9. The molecule has 1 atom stereocenters. The molecule has 1 N–H and O–H groups in total. The van der Waals surface area contributed by atoms with Crippen molar-refractivity contribution in [3.8, 4) is 23.0 Å². The molecule has 1 aliphatic rings. The molecule has 0 radical (unpaired) electrons. The van der Waals surface area contributed by atoms with Crippen molar-refractivity contribution < 1.29 is 37.0 Å². The molecule has 260 valence electrons. The number of sulfonamides is 1. The zero-order chi connectivity index (χ0) is 34.7. The molecule has 0 aromatic heterocycles. The molecule has 0 aliphatic heterocycles. The fourth-order valence-electron chi connectivity index (χ4n) is 6.05. The molecule has 0 bridgehead atoms. The first kappa shape index (κ1) is 36.4. The van der Waals surface area contributed by atoms with E-state index < -0.39 is 28.5 Å². The van der Waals surface area contributed by atoms with Crippen molar-refractivity contribution in [2.75, 3.05) is 45.8 Å². The SMILES string of the molecule is CC[C@H](C(=O)NC1CCCCC1)N(CCc1ccccc1)C(=O)CN(c1cc(OC)ccc1OC)S(=O)(=O)c1ccc(OC)c(OC)c1. The van der Waals surface area contributed by atoms with Gasteiger partial charge in [0.05, 0.1) is 39.0 Å². The van der Waals surface area contributed by atoms with E-state index >= 15 is 0 Å². The van der Waals surface area contributed by atoms with Crippen LogP contribution >= 0.6 is 0 Å². The topological polar surface area (TPSA) is 124 Å². The van der Waals surface area contributed by atoms with Crippen LogP contribution < -0.4 is 28.6 Å². The molecule has 2 amide bonds. The number of benzene rings is 3. The van der Waals surface area contributed by atoms with E-state index in [1.54, 1.807) is 12.1 Å². The first-order chi connectivity index (χ1) is 23.2. The van der Waals surface area contributed by atoms with Crippen LogP contribution in [0.5, 0.6) is 23.0 Å². The van der Waals surface area contributed by atoms with E-state index in [2.05, 4.69) is 5.32 Å². The van der Waals surface area contributed by atoms with Crippen molar-refractivity contribution in [2.45, 2.75) is 68.8 Å². The number of hydrogen-bond acceptors (Lipinski definition) is 8. The van der Waals surface area contributed by atoms with E-state index in [-0.39, 0.29) is 40.6 Å². The van der Waals surface area contributed by atoms with Crippen LogP contribution in [0.1, 0.15) is 51.0 Å².